The number of anilines is 1. The summed E-state index contributed by atoms with van der Waals surface area (Å²) in [5, 5.41) is 2.86. The third kappa shape index (κ3) is 2.68. The maximum atomic E-state index is 12.0. The van der Waals surface area contributed by atoms with Crippen LogP contribution in [0, 0.1) is 6.92 Å². The summed E-state index contributed by atoms with van der Waals surface area (Å²) in [6.07, 6.45) is 4.10. The van der Waals surface area contributed by atoms with E-state index in [0.717, 1.165) is 17.7 Å². The lowest BCUT2D eigenvalue weighted by atomic mass is 10.1. The first kappa shape index (κ1) is 12.2. The molecule has 1 heterocycles. The zero-order valence-electron chi connectivity index (χ0n) is 10.2. The zero-order valence-corrected chi connectivity index (χ0v) is 10.2. The van der Waals surface area contributed by atoms with Crippen molar-refractivity contribution in [1.82, 2.24) is 15.3 Å². The maximum Gasteiger partial charge on any atom is 0.251 e. The number of nitrogens with two attached hydrogens (primary N) is 1. The van der Waals surface area contributed by atoms with Crippen LogP contribution in [0.5, 0.6) is 0 Å². The average Bonchev–Trinajstić information content (AvgIpc) is 2.85. The van der Waals surface area contributed by atoms with Crippen molar-refractivity contribution in [1.29, 1.82) is 0 Å². The molecule has 0 spiro atoms. The van der Waals surface area contributed by atoms with Crippen LogP contribution in [0.2, 0.25) is 0 Å². The molecule has 0 atom stereocenters. The smallest absolute Gasteiger partial charge is 0.251 e. The number of aromatic amines is 1. The molecule has 94 valence electrons. The Morgan fingerprint density at radius 2 is 2.33 bits per heavy atom. The molecule has 0 unspecified atom stereocenters. The summed E-state index contributed by atoms with van der Waals surface area (Å²) in [6, 6.07) is 5.35. The van der Waals surface area contributed by atoms with E-state index in [4.69, 9.17) is 5.73 Å². The molecule has 0 saturated carbocycles. The lowest BCUT2D eigenvalue weighted by Gasteiger charge is -2.08. The highest BCUT2D eigenvalue weighted by Gasteiger charge is 2.09. The van der Waals surface area contributed by atoms with Gasteiger partial charge in [0.15, 0.2) is 0 Å². The molecule has 0 aliphatic carbocycles. The molecular formula is C13H16N4O. The number of carbonyl (C=O) groups excluding carboxylic acids is 1. The standard InChI is InChI=1S/C13H16N4O/c1-9-11(3-2-4-12(9)14)13(18)16-6-5-10-7-15-8-17-10/h2-4,7-8H,5-6,14H2,1H3,(H,15,17)(H,16,18). The van der Waals surface area contributed by atoms with E-state index in [1.54, 1.807) is 30.7 Å². The van der Waals surface area contributed by atoms with Crippen LogP contribution >= 0.6 is 0 Å². The average molecular weight is 244 g/mol. The fourth-order valence-electron chi connectivity index (χ4n) is 1.73. The molecular weight excluding hydrogens is 228 g/mol. The third-order valence-corrected chi connectivity index (χ3v) is 2.86. The van der Waals surface area contributed by atoms with Gasteiger partial charge in [-0.1, -0.05) is 6.07 Å². The number of hydrogen-bond donors (Lipinski definition) is 3. The Morgan fingerprint density at radius 1 is 1.50 bits per heavy atom. The SMILES string of the molecule is Cc1c(N)cccc1C(=O)NCCc1cnc[nH]1. The summed E-state index contributed by atoms with van der Waals surface area (Å²) in [5.41, 5.74) is 8.85. The van der Waals surface area contributed by atoms with Crippen LogP contribution in [0.1, 0.15) is 21.6 Å². The molecule has 0 fully saturated rings. The Kier molecular flexibility index (Phi) is 3.62. The van der Waals surface area contributed by atoms with Gasteiger partial charge in [0.25, 0.3) is 5.91 Å². The van der Waals surface area contributed by atoms with Gasteiger partial charge in [0.2, 0.25) is 0 Å². The van der Waals surface area contributed by atoms with Crippen LogP contribution in [0.4, 0.5) is 5.69 Å². The van der Waals surface area contributed by atoms with Crippen molar-refractivity contribution in [2.24, 2.45) is 0 Å². The van der Waals surface area contributed by atoms with E-state index in [1.807, 2.05) is 6.92 Å². The van der Waals surface area contributed by atoms with Gasteiger partial charge in [0, 0.05) is 36.1 Å². The molecule has 4 N–H and O–H groups in total. The molecule has 5 heteroatoms. The Labute approximate surface area is 105 Å². The van der Waals surface area contributed by atoms with E-state index in [9.17, 15) is 4.79 Å². The van der Waals surface area contributed by atoms with Gasteiger partial charge < -0.3 is 16.0 Å². The molecule has 0 saturated heterocycles. The molecule has 1 amide bonds. The van der Waals surface area contributed by atoms with Crippen LogP contribution in [-0.4, -0.2) is 22.4 Å². The van der Waals surface area contributed by atoms with Gasteiger partial charge in [-0.3, -0.25) is 4.79 Å². The van der Waals surface area contributed by atoms with Crippen molar-refractivity contribution in [3.8, 4) is 0 Å². The molecule has 0 bridgehead atoms. The van der Waals surface area contributed by atoms with Gasteiger partial charge in [-0.15, -0.1) is 0 Å². The molecule has 2 rings (SSSR count). The molecule has 0 aliphatic heterocycles. The third-order valence-electron chi connectivity index (χ3n) is 2.86. The number of aromatic nitrogens is 2. The summed E-state index contributed by atoms with van der Waals surface area (Å²) in [4.78, 5) is 18.9. The molecule has 1 aromatic heterocycles. The van der Waals surface area contributed by atoms with Gasteiger partial charge in [0.1, 0.15) is 0 Å². The zero-order chi connectivity index (χ0) is 13.0. The van der Waals surface area contributed by atoms with Crippen molar-refractivity contribution in [3.63, 3.8) is 0 Å². The Balaban J connectivity index is 1.93. The number of amides is 1. The van der Waals surface area contributed by atoms with E-state index in [1.165, 1.54) is 0 Å². The first-order valence-electron chi connectivity index (χ1n) is 5.79. The minimum Gasteiger partial charge on any atom is -0.398 e. The van der Waals surface area contributed by atoms with Crippen LogP contribution in [0.3, 0.4) is 0 Å². The van der Waals surface area contributed by atoms with Gasteiger partial charge in [-0.2, -0.15) is 0 Å². The Bertz CT molecular complexity index is 534. The van der Waals surface area contributed by atoms with E-state index in [0.29, 0.717) is 17.8 Å². The highest BCUT2D eigenvalue weighted by molar-refractivity contribution is 5.96. The van der Waals surface area contributed by atoms with Gasteiger partial charge in [0.05, 0.1) is 6.33 Å². The number of rotatable bonds is 4. The minimum atomic E-state index is -0.0979. The number of nitrogen functional groups attached to an aromatic ring is 1. The Hall–Kier alpha value is -2.30. The van der Waals surface area contributed by atoms with Crippen molar-refractivity contribution in [2.75, 3.05) is 12.3 Å². The number of H-pyrrole nitrogens is 1. The van der Waals surface area contributed by atoms with Crippen LogP contribution in [0.15, 0.2) is 30.7 Å². The maximum absolute atomic E-state index is 12.0. The van der Waals surface area contributed by atoms with Crippen molar-refractivity contribution in [3.05, 3.63) is 47.5 Å². The highest BCUT2D eigenvalue weighted by Crippen LogP contribution is 2.15. The van der Waals surface area contributed by atoms with Crippen LogP contribution in [-0.2, 0) is 6.42 Å². The van der Waals surface area contributed by atoms with E-state index in [2.05, 4.69) is 15.3 Å². The minimum absolute atomic E-state index is 0.0979. The summed E-state index contributed by atoms with van der Waals surface area (Å²) >= 11 is 0. The van der Waals surface area contributed by atoms with Crippen molar-refractivity contribution < 1.29 is 4.79 Å². The number of nitrogens with zero attached hydrogens (tertiary/aromatic N) is 1. The predicted octanol–water partition coefficient (Wildman–Crippen LogP) is 1.27. The molecule has 18 heavy (non-hydrogen) atoms. The summed E-state index contributed by atoms with van der Waals surface area (Å²) < 4.78 is 0. The largest absolute Gasteiger partial charge is 0.398 e. The number of imidazole rings is 1. The number of hydrogen-bond acceptors (Lipinski definition) is 3. The highest BCUT2D eigenvalue weighted by atomic mass is 16.1. The molecule has 2 aromatic rings. The first-order valence-corrected chi connectivity index (χ1v) is 5.79. The van der Waals surface area contributed by atoms with E-state index in [-0.39, 0.29) is 5.91 Å². The predicted molar refractivity (Wildman–Crippen MR) is 70.2 cm³/mol. The fraction of sp³-hybridized carbons (Fsp3) is 0.231. The van der Waals surface area contributed by atoms with Crippen LogP contribution in [0.25, 0.3) is 0 Å². The monoisotopic (exact) mass is 244 g/mol. The van der Waals surface area contributed by atoms with Crippen molar-refractivity contribution in [2.45, 2.75) is 13.3 Å². The van der Waals surface area contributed by atoms with Gasteiger partial charge in [-0.05, 0) is 24.6 Å². The molecule has 5 nitrogen and oxygen atoms in total. The topological polar surface area (TPSA) is 83.8 Å². The summed E-state index contributed by atoms with van der Waals surface area (Å²) in [5.74, 6) is -0.0979. The van der Waals surface area contributed by atoms with Gasteiger partial charge >= 0.3 is 0 Å². The summed E-state index contributed by atoms with van der Waals surface area (Å²) in [6.45, 7) is 2.41. The lowest BCUT2D eigenvalue weighted by Crippen LogP contribution is -2.26. The van der Waals surface area contributed by atoms with Crippen LogP contribution < -0.4 is 11.1 Å². The molecule has 0 radical (unpaired) electrons. The normalized spacial score (nSPS) is 10.3. The van der Waals surface area contributed by atoms with Crippen molar-refractivity contribution >= 4 is 11.6 Å². The number of nitrogens with one attached hydrogen (secondary N) is 2. The summed E-state index contributed by atoms with van der Waals surface area (Å²) in [7, 11) is 0. The Morgan fingerprint density at radius 3 is 3.06 bits per heavy atom. The quantitative estimate of drug-likeness (QED) is 0.708. The van der Waals surface area contributed by atoms with E-state index >= 15 is 0 Å². The number of carbonyl (C=O) groups is 1. The second kappa shape index (κ2) is 5.35. The van der Waals surface area contributed by atoms with E-state index < -0.39 is 0 Å². The lowest BCUT2D eigenvalue weighted by molar-refractivity contribution is 0.0953. The molecule has 0 aliphatic rings. The van der Waals surface area contributed by atoms with Gasteiger partial charge in [-0.25, -0.2) is 4.98 Å². The fourth-order valence-corrected chi connectivity index (χ4v) is 1.73. The second-order valence-electron chi connectivity index (χ2n) is 4.10. The second-order valence-corrected chi connectivity index (χ2v) is 4.10. The molecule has 1 aromatic carbocycles. The first-order chi connectivity index (χ1) is 8.68. The number of benzene rings is 1.